The number of halogens is 4. The van der Waals surface area contributed by atoms with Crippen LogP contribution in [-0.4, -0.2) is 50.5 Å². The molecule has 2 atom stereocenters. The maximum atomic E-state index is 14.7. The highest BCUT2D eigenvalue weighted by molar-refractivity contribution is 6.55. The van der Waals surface area contributed by atoms with Crippen LogP contribution in [0.4, 0.5) is 0 Å². The number of hydrogen-bond acceptors (Lipinski definition) is 8. The first-order valence-electron chi connectivity index (χ1n) is 18.5. The molecule has 3 aliphatic rings. The minimum atomic E-state index is -1.17. The van der Waals surface area contributed by atoms with Gasteiger partial charge >= 0.3 is 0 Å². The highest BCUT2D eigenvalue weighted by Gasteiger charge is 2.35. The molecule has 0 radical (unpaired) electrons. The van der Waals surface area contributed by atoms with Gasteiger partial charge in [0.25, 0.3) is 5.56 Å². The molecule has 6 heterocycles. The minimum Gasteiger partial charge on any atom is -0.489 e. The van der Waals surface area contributed by atoms with E-state index in [9.17, 15) is 9.90 Å². The quantitative estimate of drug-likeness (QED) is 0.119. The monoisotopic (exact) mass is 832 g/mol. The molecule has 0 aliphatic carbocycles. The Morgan fingerprint density at radius 1 is 0.632 bits per heavy atom. The Bertz CT molecular complexity index is 3560. The maximum Gasteiger partial charge on any atom is 0.264 e. The van der Waals surface area contributed by atoms with Gasteiger partial charge in [0.2, 0.25) is 0 Å². The minimum absolute atomic E-state index is 0.214. The van der Waals surface area contributed by atoms with Crippen LogP contribution in [0.25, 0.3) is 93.0 Å². The normalized spacial score (nSPS) is 17.9. The fourth-order valence-electron chi connectivity index (χ4n) is 9.53. The van der Waals surface area contributed by atoms with Gasteiger partial charge in [-0.2, -0.15) is 0 Å². The number of hydrogen-bond donors (Lipinski definition) is 1. The lowest BCUT2D eigenvalue weighted by Crippen LogP contribution is -2.17. The Labute approximate surface area is 340 Å². The summed E-state index contributed by atoms with van der Waals surface area (Å²) in [5.74, 6) is 3.04. The summed E-state index contributed by atoms with van der Waals surface area (Å²) < 4.78 is 27.5. The van der Waals surface area contributed by atoms with E-state index in [4.69, 9.17) is 75.3 Å². The van der Waals surface area contributed by atoms with Crippen molar-refractivity contribution in [2.75, 3.05) is 26.4 Å². The van der Waals surface area contributed by atoms with E-state index in [1.54, 1.807) is 27.2 Å². The van der Waals surface area contributed by atoms with E-state index < -0.39 is 6.23 Å². The lowest BCUT2D eigenvalue weighted by atomic mass is 9.83. The third-order valence-corrected chi connectivity index (χ3v) is 13.1. The van der Waals surface area contributed by atoms with Crippen LogP contribution >= 0.6 is 46.4 Å². The van der Waals surface area contributed by atoms with Gasteiger partial charge in [-0.05, 0) is 24.3 Å². The van der Waals surface area contributed by atoms with Crippen molar-refractivity contribution in [3.8, 4) is 34.4 Å². The summed E-state index contributed by atoms with van der Waals surface area (Å²) in [5.41, 5.74) is 3.86. The van der Waals surface area contributed by atoms with Crippen LogP contribution in [0.3, 0.4) is 0 Å². The molecule has 0 saturated carbocycles. The molecule has 10 nitrogen and oxygen atoms in total. The van der Waals surface area contributed by atoms with Gasteiger partial charge in [-0.15, -0.1) is 0 Å². The Hall–Kier alpha value is -5.23. The van der Waals surface area contributed by atoms with E-state index in [-0.39, 0.29) is 11.5 Å². The van der Waals surface area contributed by atoms with Crippen molar-refractivity contribution in [3.63, 3.8) is 0 Å². The summed E-state index contributed by atoms with van der Waals surface area (Å²) >= 11 is 29.5. The second-order valence-corrected chi connectivity index (χ2v) is 16.9. The van der Waals surface area contributed by atoms with Gasteiger partial charge < -0.3 is 24.1 Å². The van der Waals surface area contributed by atoms with Crippen molar-refractivity contribution in [3.05, 3.63) is 84.5 Å². The molecule has 280 valence electrons. The molecule has 14 heteroatoms. The number of rotatable bonds is 0. The molecule has 0 bridgehead atoms. The molecule has 1 N–H and O–H groups in total. The van der Waals surface area contributed by atoms with Crippen LogP contribution in [0.5, 0.6) is 23.0 Å². The highest BCUT2D eigenvalue weighted by Crippen LogP contribution is 2.56. The lowest BCUT2D eigenvalue weighted by molar-refractivity contribution is 0.152. The van der Waals surface area contributed by atoms with Gasteiger partial charge in [-0.3, -0.25) is 13.8 Å². The molecule has 0 spiro atoms. The summed E-state index contributed by atoms with van der Waals surface area (Å²) in [4.78, 5) is 24.7. The second kappa shape index (κ2) is 11.0. The average molecular weight is 834 g/mol. The molecular formula is C43H24Cl4N4O6. The van der Waals surface area contributed by atoms with E-state index in [1.165, 1.54) is 0 Å². The first-order chi connectivity index (χ1) is 27.7. The van der Waals surface area contributed by atoms with E-state index in [0.717, 1.165) is 11.8 Å². The molecule has 2 unspecified atom stereocenters. The fraction of sp³-hybridized carbons (Fsp3) is 0.186. The van der Waals surface area contributed by atoms with E-state index in [2.05, 4.69) is 6.92 Å². The number of nitrogens with zero attached hydrogens (tertiary/aromatic N) is 4. The fourth-order valence-corrected chi connectivity index (χ4v) is 10.7. The summed E-state index contributed by atoms with van der Waals surface area (Å²) in [6, 6.07) is 14.5. The van der Waals surface area contributed by atoms with Crippen molar-refractivity contribution in [1.82, 2.24) is 18.9 Å². The SMILES string of the molecule is CC1COc2cc3nc4n(c3cc2OC1)C(O)c1cc(Cl)c2c3c(Cl)cc5c6c(cc(Cl)c(c7c(Cl)cc-4c1c72)c36)c(=O)n1c2cc3c(cc2nc51)OCCCO3. The topological polar surface area (TPSA) is 109 Å². The van der Waals surface area contributed by atoms with Gasteiger partial charge in [0.05, 0.1) is 53.9 Å². The Balaban J connectivity index is 1.16. The lowest BCUT2D eigenvalue weighted by Gasteiger charge is -2.28. The molecule has 3 aromatic heterocycles. The third kappa shape index (κ3) is 4.05. The van der Waals surface area contributed by atoms with Gasteiger partial charge in [0.15, 0.2) is 29.2 Å². The van der Waals surface area contributed by atoms with E-state index >= 15 is 0 Å². The zero-order valence-electron chi connectivity index (χ0n) is 29.6. The number of aliphatic hydroxyl groups excluding tert-OH is 1. The summed E-state index contributed by atoms with van der Waals surface area (Å²) in [6.45, 7) is 4.10. The molecule has 0 saturated heterocycles. The Morgan fingerprint density at radius 2 is 1.19 bits per heavy atom. The smallest absolute Gasteiger partial charge is 0.264 e. The van der Waals surface area contributed by atoms with Crippen molar-refractivity contribution >= 4 is 128 Å². The standard InChI is InChI=1S/C43H24Cl4N4O6/c1-15-13-56-29-10-25-27(12-31(29)57-14-15)51-41(49-25)17-6-21(45)35-36-22(46)7-18-32-16(5-20(44)34(38(32)36)37-23(47)8-19(43(51)53)33(17)39(35)37)40-48-24-9-28-30(55-4-2-3-54-28)11-26(24)50(40)42(18)52/h5-12,15,43,53H,2-4,13-14H2,1H3. The predicted octanol–water partition coefficient (Wildman–Crippen LogP) is 10.5. The number of ether oxygens (including phenoxy) is 4. The molecule has 0 fully saturated rings. The zero-order chi connectivity index (χ0) is 38.3. The maximum absolute atomic E-state index is 14.7. The first kappa shape index (κ1) is 32.8. The van der Waals surface area contributed by atoms with E-state index in [1.807, 2.05) is 30.3 Å². The highest BCUT2D eigenvalue weighted by atomic mass is 35.5. The van der Waals surface area contributed by atoms with Gasteiger partial charge in [-0.1, -0.05) is 53.3 Å². The molecule has 0 amide bonds. The molecule has 13 rings (SSSR count). The number of aromatic nitrogens is 4. The van der Waals surface area contributed by atoms with Crippen LogP contribution in [0.2, 0.25) is 20.1 Å². The zero-order valence-corrected chi connectivity index (χ0v) is 32.6. The number of aliphatic hydroxyl groups is 1. The van der Waals surface area contributed by atoms with E-state index in [0.29, 0.717) is 163 Å². The second-order valence-electron chi connectivity index (χ2n) is 15.3. The molecule has 3 aliphatic heterocycles. The molecule has 7 aromatic carbocycles. The van der Waals surface area contributed by atoms with Gasteiger partial charge in [0, 0.05) is 116 Å². The summed E-state index contributed by atoms with van der Waals surface area (Å²) in [7, 11) is 0. The van der Waals surface area contributed by atoms with Crippen LogP contribution in [0.15, 0.2) is 53.3 Å². The van der Waals surface area contributed by atoms with Crippen LogP contribution in [0.1, 0.15) is 25.1 Å². The van der Waals surface area contributed by atoms with Crippen molar-refractivity contribution < 1.29 is 24.1 Å². The van der Waals surface area contributed by atoms with Crippen molar-refractivity contribution in [1.29, 1.82) is 0 Å². The van der Waals surface area contributed by atoms with Crippen LogP contribution in [-0.2, 0) is 0 Å². The molecule has 57 heavy (non-hydrogen) atoms. The summed E-state index contributed by atoms with van der Waals surface area (Å²) in [5, 5.41) is 19.9. The van der Waals surface area contributed by atoms with Gasteiger partial charge in [-0.25, -0.2) is 9.97 Å². The average Bonchev–Trinajstić information content (AvgIpc) is 3.59. The molecular weight excluding hydrogens is 810 g/mol. The largest absolute Gasteiger partial charge is 0.489 e. The summed E-state index contributed by atoms with van der Waals surface area (Å²) in [6.07, 6.45) is -0.420. The molecule has 10 aromatic rings. The predicted molar refractivity (Wildman–Crippen MR) is 224 cm³/mol. The van der Waals surface area contributed by atoms with Crippen LogP contribution < -0.4 is 24.5 Å². The number of fused-ring (bicyclic) bond motifs is 12. The Kier molecular flexibility index (Phi) is 6.35. The van der Waals surface area contributed by atoms with Crippen LogP contribution in [0, 0.1) is 5.92 Å². The number of benzene rings is 7. The van der Waals surface area contributed by atoms with Crippen molar-refractivity contribution in [2.24, 2.45) is 5.92 Å². The Morgan fingerprint density at radius 3 is 1.91 bits per heavy atom. The third-order valence-electron chi connectivity index (χ3n) is 11.9. The number of pyridine rings is 1. The number of imidazole rings is 2. The first-order valence-corrected chi connectivity index (χ1v) is 20.0. The van der Waals surface area contributed by atoms with Crippen molar-refractivity contribution in [2.45, 2.75) is 19.6 Å². The van der Waals surface area contributed by atoms with Gasteiger partial charge in [0.1, 0.15) is 11.5 Å².